The number of aliphatic carboxylic acids is 1. The molecular formula is C7H7NO2S. The number of carboxylic acids is 1. The van der Waals surface area contributed by atoms with Crippen molar-refractivity contribution in [2.24, 2.45) is 0 Å². The number of hydrogen-bond donors (Lipinski definition) is 1. The molecule has 1 N–H and O–H groups in total. The average Bonchev–Trinajstić information content (AvgIpc) is 2.61. The maximum Gasteiger partial charge on any atom is 0.314 e. The van der Waals surface area contributed by atoms with E-state index >= 15 is 0 Å². The monoisotopic (exact) mass is 169 g/mol. The van der Waals surface area contributed by atoms with E-state index in [1.54, 1.807) is 6.20 Å². The topological polar surface area (TPSA) is 50.2 Å². The summed E-state index contributed by atoms with van der Waals surface area (Å²) in [5.41, 5.74) is 0.308. The van der Waals surface area contributed by atoms with Crippen molar-refractivity contribution >= 4 is 17.5 Å². The summed E-state index contributed by atoms with van der Waals surface area (Å²) in [6.45, 7) is 0. The van der Waals surface area contributed by atoms with Gasteiger partial charge in [0, 0.05) is 17.1 Å². The number of rotatable bonds is 2. The quantitative estimate of drug-likeness (QED) is 0.725. The maximum absolute atomic E-state index is 10.8. The van der Waals surface area contributed by atoms with Gasteiger partial charge in [-0.05, 0) is 24.4 Å². The fourth-order valence-electron chi connectivity index (χ4n) is 1.19. The van der Waals surface area contributed by atoms with Gasteiger partial charge in [-0.15, -0.1) is 0 Å². The highest BCUT2D eigenvalue weighted by Crippen LogP contribution is 2.48. The van der Waals surface area contributed by atoms with Gasteiger partial charge in [-0.3, -0.25) is 4.79 Å². The van der Waals surface area contributed by atoms with E-state index < -0.39 is 11.4 Å². The van der Waals surface area contributed by atoms with Gasteiger partial charge in [-0.1, -0.05) is 0 Å². The highest BCUT2D eigenvalue weighted by atomic mass is 32.1. The lowest BCUT2D eigenvalue weighted by molar-refractivity contribution is -0.140. The van der Waals surface area contributed by atoms with Gasteiger partial charge in [0.05, 0.1) is 5.41 Å². The van der Waals surface area contributed by atoms with Crippen LogP contribution in [0.15, 0.2) is 11.6 Å². The summed E-state index contributed by atoms with van der Waals surface area (Å²) in [7, 11) is 0. The van der Waals surface area contributed by atoms with Gasteiger partial charge in [0.15, 0.2) is 0 Å². The summed E-state index contributed by atoms with van der Waals surface area (Å²) in [6, 6.07) is 0. The number of aromatic nitrogens is 1. The van der Waals surface area contributed by atoms with Crippen molar-refractivity contribution in [3.8, 4) is 0 Å². The molecule has 0 bridgehead atoms. The Labute approximate surface area is 67.8 Å². The molecule has 0 unspecified atom stereocenters. The summed E-state index contributed by atoms with van der Waals surface area (Å²) in [5, 5.41) is 10.7. The molecule has 11 heavy (non-hydrogen) atoms. The van der Waals surface area contributed by atoms with Gasteiger partial charge in [-0.25, -0.2) is 4.37 Å². The van der Waals surface area contributed by atoms with E-state index in [-0.39, 0.29) is 0 Å². The van der Waals surface area contributed by atoms with Crippen LogP contribution in [0.1, 0.15) is 18.4 Å². The third kappa shape index (κ3) is 0.860. The van der Waals surface area contributed by atoms with Crippen molar-refractivity contribution in [1.29, 1.82) is 0 Å². The molecule has 1 aromatic heterocycles. The zero-order valence-electron chi connectivity index (χ0n) is 5.78. The Kier molecular flexibility index (Phi) is 1.26. The first-order valence-electron chi connectivity index (χ1n) is 3.39. The lowest BCUT2D eigenvalue weighted by Gasteiger charge is -2.04. The predicted molar refractivity (Wildman–Crippen MR) is 40.7 cm³/mol. The molecule has 0 spiro atoms. The summed E-state index contributed by atoms with van der Waals surface area (Å²) < 4.78 is 3.89. The molecule has 1 aliphatic carbocycles. The van der Waals surface area contributed by atoms with Crippen LogP contribution in [0.2, 0.25) is 0 Å². The van der Waals surface area contributed by atoms with Crippen LogP contribution in [0.5, 0.6) is 0 Å². The first-order valence-corrected chi connectivity index (χ1v) is 4.23. The van der Waals surface area contributed by atoms with E-state index in [1.165, 1.54) is 11.5 Å². The van der Waals surface area contributed by atoms with E-state index in [1.807, 2.05) is 5.38 Å². The van der Waals surface area contributed by atoms with Crippen molar-refractivity contribution in [2.75, 3.05) is 0 Å². The van der Waals surface area contributed by atoms with Crippen LogP contribution in [-0.4, -0.2) is 15.4 Å². The molecule has 1 heterocycles. The van der Waals surface area contributed by atoms with Crippen LogP contribution >= 0.6 is 11.5 Å². The molecular weight excluding hydrogens is 162 g/mol. The summed E-state index contributed by atoms with van der Waals surface area (Å²) in [5.74, 6) is -0.710. The first kappa shape index (κ1) is 6.79. The molecule has 0 saturated heterocycles. The summed E-state index contributed by atoms with van der Waals surface area (Å²) in [6.07, 6.45) is 3.19. The lowest BCUT2D eigenvalue weighted by atomic mass is 10.0. The van der Waals surface area contributed by atoms with Crippen LogP contribution in [0.3, 0.4) is 0 Å². The fraction of sp³-hybridized carbons (Fsp3) is 0.429. The Morgan fingerprint density at radius 2 is 2.45 bits per heavy atom. The number of carboxylic acid groups (broad SMARTS) is 1. The van der Waals surface area contributed by atoms with E-state index in [2.05, 4.69) is 4.37 Å². The van der Waals surface area contributed by atoms with E-state index in [9.17, 15) is 4.79 Å². The van der Waals surface area contributed by atoms with E-state index in [0.717, 1.165) is 18.4 Å². The Bertz CT molecular complexity index is 277. The Morgan fingerprint density at radius 1 is 1.73 bits per heavy atom. The maximum atomic E-state index is 10.8. The van der Waals surface area contributed by atoms with Gasteiger partial charge in [0.2, 0.25) is 0 Å². The lowest BCUT2D eigenvalue weighted by Crippen LogP contribution is -2.18. The minimum absolute atomic E-state index is 0.562. The molecule has 1 aromatic rings. The SMILES string of the molecule is O=C(O)C1(c2cnsc2)CC1. The average molecular weight is 169 g/mol. The zero-order valence-corrected chi connectivity index (χ0v) is 6.60. The first-order chi connectivity index (χ1) is 5.26. The Morgan fingerprint density at radius 3 is 2.82 bits per heavy atom. The minimum Gasteiger partial charge on any atom is -0.481 e. The van der Waals surface area contributed by atoms with Crippen molar-refractivity contribution in [2.45, 2.75) is 18.3 Å². The van der Waals surface area contributed by atoms with Gasteiger partial charge in [0.25, 0.3) is 0 Å². The number of hydrogen-bond acceptors (Lipinski definition) is 3. The molecule has 1 aliphatic rings. The van der Waals surface area contributed by atoms with Crippen molar-refractivity contribution in [1.82, 2.24) is 4.37 Å². The molecule has 0 atom stereocenters. The van der Waals surface area contributed by atoms with Gasteiger partial charge >= 0.3 is 5.97 Å². The zero-order chi connectivity index (χ0) is 7.90. The highest BCUT2D eigenvalue weighted by Gasteiger charge is 2.52. The van der Waals surface area contributed by atoms with Crippen LogP contribution in [0, 0.1) is 0 Å². The van der Waals surface area contributed by atoms with E-state index in [0.29, 0.717) is 0 Å². The van der Waals surface area contributed by atoms with Crippen LogP contribution in [-0.2, 0) is 10.2 Å². The smallest absolute Gasteiger partial charge is 0.314 e. The molecule has 1 fully saturated rings. The molecule has 0 radical (unpaired) electrons. The second kappa shape index (κ2) is 2.04. The van der Waals surface area contributed by atoms with Crippen LogP contribution in [0.4, 0.5) is 0 Å². The molecule has 0 aromatic carbocycles. The van der Waals surface area contributed by atoms with Crippen molar-refractivity contribution in [3.63, 3.8) is 0 Å². The van der Waals surface area contributed by atoms with Crippen molar-refractivity contribution < 1.29 is 9.90 Å². The largest absolute Gasteiger partial charge is 0.481 e. The standard InChI is InChI=1S/C7H7NO2S/c9-6(10)7(1-2-7)5-3-8-11-4-5/h3-4H,1-2H2,(H,9,10). The highest BCUT2D eigenvalue weighted by molar-refractivity contribution is 7.03. The Balaban J connectivity index is 2.36. The molecule has 58 valence electrons. The second-order valence-corrected chi connectivity index (χ2v) is 3.46. The molecule has 1 saturated carbocycles. The molecule has 0 amide bonds. The third-order valence-corrected chi connectivity index (χ3v) is 2.73. The summed E-state index contributed by atoms with van der Waals surface area (Å²) in [4.78, 5) is 10.8. The Hall–Kier alpha value is -0.900. The minimum atomic E-state index is -0.710. The molecule has 2 rings (SSSR count). The predicted octanol–water partition coefficient (Wildman–Crippen LogP) is 1.26. The van der Waals surface area contributed by atoms with E-state index in [4.69, 9.17) is 5.11 Å². The molecule has 0 aliphatic heterocycles. The van der Waals surface area contributed by atoms with Crippen LogP contribution in [0.25, 0.3) is 0 Å². The number of nitrogens with zero attached hydrogens (tertiary/aromatic N) is 1. The van der Waals surface area contributed by atoms with Crippen LogP contribution < -0.4 is 0 Å². The third-order valence-electron chi connectivity index (χ3n) is 2.14. The fourth-order valence-corrected chi connectivity index (χ4v) is 1.83. The normalized spacial score (nSPS) is 19.6. The molecule has 3 nitrogen and oxygen atoms in total. The van der Waals surface area contributed by atoms with Crippen molar-refractivity contribution in [3.05, 3.63) is 17.1 Å². The van der Waals surface area contributed by atoms with Gasteiger partial charge in [0.1, 0.15) is 0 Å². The van der Waals surface area contributed by atoms with Gasteiger partial charge in [-0.2, -0.15) is 0 Å². The number of carbonyl (C=O) groups is 1. The molecule has 4 heteroatoms. The second-order valence-electron chi connectivity index (χ2n) is 2.80. The summed E-state index contributed by atoms with van der Waals surface area (Å²) >= 11 is 1.31. The van der Waals surface area contributed by atoms with Gasteiger partial charge < -0.3 is 5.11 Å².